The number of thioether (sulfide) groups is 1. The van der Waals surface area contributed by atoms with Crippen LogP contribution in [0.2, 0.25) is 0 Å². The van der Waals surface area contributed by atoms with Gasteiger partial charge in [0.25, 0.3) is 11.5 Å². The van der Waals surface area contributed by atoms with Crippen molar-refractivity contribution < 1.29 is 23.1 Å². The lowest BCUT2D eigenvalue weighted by Gasteiger charge is -2.16. The summed E-state index contributed by atoms with van der Waals surface area (Å²) in [4.78, 5) is 29.9. The summed E-state index contributed by atoms with van der Waals surface area (Å²) in [6.45, 7) is 0. The molecule has 0 radical (unpaired) electrons. The van der Waals surface area contributed by atoms with E-state index < -0.39 is 35.4 Å². The minimum atomic E-state index is -4.49. The highest BCUT2D eigenvalue weighted by Gasteiger charge is 2.31. The Morgan fingerprint density at radius 3 is 2.53 bits per heavy atom. The summed E-state index contributed by atoms with van der Waals surface area (Å²) in [5.74, 6) is 0.271. The van der Waals surface area contributed by atoms with Crippen LogP contribution in [0.25, 0.3) is 16.9 Å². The Morgan fingerprint density at radius 2 is 1.94 bits per heavy atom. The van der Waals surface area contributed by atoms with Gasteiger partial charge in [-0.25, -0.2) is 0 Å². The number of nitrogens with one attached hydrogen (secondary N) is 1. The predicted octanol–water partition coefficient (Wildman–Crippen LogP) is 2.52. The van der Waals surface area contributed by atoms with Crippen LogP contribution in [-0.2, 0) is 6.18 Å². The van der Waals surface area contributed by atoms with E-state index in [0.717, 1.165) is 16.8 Å². The first kappa shape index (κ1) is 22.0. The van der Waals surface area contributed by atoms with Crippen LogP contribution in [0.1, 0.15) is 15.9 Å². The number of halogens is 3. The number of hydrogen-bond acceptors (Lipinski definition) is 6. The van der Waals surface area contributed by atoms with Crippen LogP contribution in [0.15, 0.2) is 59.7 Å². The summed E-state index contributed by atoms with van der Waals surface area (Å²) in [6.07, 6.45) is -2.35. The third kappa shape index (κ3) is 4.53. The van der Waals surface area contributed by atoms with Gasteiger partial charge in [0.1, 0.15) is 5.56 Å². The number of alkyl halides is 3. The lowest BCUT2D eigenvalue weighted by Crippen LogP contribution is -2.44. The second kappa shape index (κ2) is 8.75. The van der Waals surface area contributed by atoms with Crippen molar-refractivity contribution in [1.29, 1.82) is 0 Å². The van der Waals surface area contributed by atoms with Crippen LogP contribution in [0.3, 0.4) is 0 Å². The fourth-order valence-electron chi connectivity index (χ4n) is 3.21. The molecule has 0 bridgehead atoms. The first-order chi connectivity index (χ1) is 15.2. The van der Waals surface area contributed by atoms with Gasteiger partial charge in [-0.1, -0.05) is 12.1 Å². The van der Waals surface area contributed by atoms with E-state index in [1.807, 2.05) is 0 Å². The smallest absolute Gasteiger partial charge is 0.390 e. The summed E-state index contributed by atoms with van der Waals surface area (Å²) in [5, 5.41) is 16.9. The highest BCUT2D eigenvalue weighted by atomic mass is 32.2. The van der Waals surface area contributed by atoms with Crippen LogP contribution in [0.4, 0.5) is 13.2 Å². The molecule has 2 aromatic heterocycles. The molecule has 1 amide bonds. The van der Waals surface area contributed by atoms with Gasteiger partial charge in [-0.2, -0.15) is 34.7 Å². The molecule has 3 aromatic rings. The Hall–Kier alpha value is -3.18. The number of carbonyl (C=O) groups is 1. The second-order valence-electron chi connectivity index (χ2n) is 7.13. The number of aromatic nitrogens is 3. The monoisotopic (exact) mass is 462 g/mol. The maximum atomic E-state index is 13.0. The predicted molar refractivity (Wildman–Crippen MR) is 113 cm³/mol. The zero-order valence-corrected chi connectivity index (χ0v) is 17.2. The molecule has 166 valence electrons. The number of hydrogen-bond donors (Lipinski definition) is 2. The number of pyridine rings is 1. The molecule has 2 unspecified atom stereocenters. The SMILES string of the molecule is O=C(NC1CSCC1O)c1cc(-c2ccc(C(F)(F)F)cc2)nn(-c2cccnc2)c1=O. The number of amides is 1. The van der Waals surface area contributed by atoms with E-state index in [1.54, 1.807) is 12.1 Å². The average Bonchev–Trinajstić information content (AvgIpc) is 3.18. The second-order valence-corrected chi connectivity index (χ2v) is 8.21. The zero-order valence-electron chi connectivity index (χ0n) is 16.4. The van der Waals surface area contributed by atoms with E-state index in [-0.39, 0.29) is 16.9 Å². The Morgan fingerprint density at radius 1 is 1.19 bits per heavy atom. The number of aliphatic hydroxyl groups excluding tert-OH is 1. The van der Waals surface area contributed by atoms with Gasteiger partial charge in [0.2, 0.25) is 0 Å². The maximum absolute atomic E-state index is 13.0. The highest BCUT2D eigenvalue weighted by Crippen LogP contribution is 2.30. The standard InChI is InChI=1S/C21H17F3N4O3S/c22-21(23,24)13-5-3-12(4-6-13)16-8-15(19(30)26-17-10-32-11-18(17)29)20(31)28(27-16)14-2-1-7-25-9-14/h1-9,17-18,29H,10-11H2,(H,26,30). The Labute approximate surface area is 184 Å². The van der Waals surface area contributed by atoms with E-state index >= 15 is 0 Å². The van der Waals surface area contributed by atoms with Gasteiger partial charge in [0.15, 0.2) is 0 Å². The number of rotatable bonds is 4. The number of aliphatic hydroxyl groups is 1. The summed E-state index contributed by atoms with van der Waals surface area (Å²) >= 11 is 1.47. The van der Waals surface area contributed by atoms with Crippen LogP contribution in [0, 0.1) is 0 Å². The van der Waals surface area contributed by atoms with Gasteiger partial charge in [-0.15, -0.1) is 0 Å². The number of carbonyl (C=O) groups excluding carboxylic acids is 1. The normalized spacial score (nSPS) is 18.5. The van der Waals surface area contributed by atoms with Crippen LogP contribution in [-0.4, -0.2) is 49.4 Å². The fraction of sp³-hybridized carbons (Fsp3) is 0.238. The van der Waals surface area contributed by atoms with Crippen molar-refractivity contribution in [3.63, 3.8) is 0 Å². The minimum absolute atomic E-state index is 0.133. The summed E-state index contributed by atoms with van der Waals surface area (Å²) in [5.41, 5.74) is -1.08. The molecule has 1 fully saturated rings. The van der Waals surface area contributed by atoms with Crippen molar-refractivity contribution in [2.24, 2.45) is 0 Å². The van der Waals surface area contributed by atoms with Gasteiger partial charge < -0.3 is 10.4 Å². The minimum Gasteiger partial charge on any atom is -0.390 e. The Kier molecular flexibility index (Phi) is 6.02. The molecule has 7 nitrogen and oxygen atoms in total. The van der Waals surface area contributed by atoms with Gasteiger partial charge >= 0.3 is 6.18 Å². The summed E-state index contributed by atoms with van der Waals surface area (Å²) in [7, 11) is 0. The van der Waals surface area contributed by atoms with Crippen LogP contribution < -0.4 is 10.9 Å². The first-order valence-corrected chi connectivity index (χ1v) is 10.7. The van der Waals surface area contributed by atoms with E-state index in [1.165, 1.54) is 42.4 Å². The zero-order chi connectivity index (χ0) is 22.9. The quantitative estimate of drug-likeness (QED) is 0.619. The molecule has 0 spiro atoms. The number of benzene rings is 1. The molecular weight excluding hydrogens is 445 g/mol. The van der Waals surface area contributed by atoms with Crippen molar-refractivity contribution in [2.45, 2.75) is 18.3 Å². The molecular formula is C21H17F3N4O3S. The molecule has 0 saturated carbocycles. The Balaban J connectivity index is 1.79. The van der Waals surface area contributed by atoms with E-state index in [4.69, 9.17) is 0 Å². The van der Waals surface area contributed by atoms with Crippen molar-refractivity contribution in [1.82, 2.24) is 20.1 Å². The molecule has 32 heavy (non-hydrogen) atoms. The molecule has 1 aliphatic heterocycles. The fourth-order valence-corrected chi connectivity index (χ4v) is 4.38. The first-order valence-electron chi connectivity index (χ1n) is 9.53. The van der Waals surface area contributed by atoms with Gasteiger partial charge in [0.05, 0.1) is 35.3 Å². The molecule has 1 aromatic carbocycles. The van der Waals surface area contributed by atoms with Crippen molar-refractivity contribution >= 4 is 17.7 Å². The average molecular weight is 462 g/mol. The van der Waals surface area contributed by atoms with E-state index in [0.29, 0.717) is 17.1 Å². The maximum Gasteiger partial charge on any atom is 0.416 e. The molecule has 2 N–H and O–H groups in total. The van der Waals surface area contributed by atoms with Crippen molar-refractivity contribution in [3.8, 4) is 16.9 Å². The third-order valence-electron chi connectivity index (χ3n) is 4.92. The molecule has 2 atom stereocenters. The highest BCUT2D eigenvalue weighted by molar-refractivity contribution is 7.99. The van der Waals surface area contributed by atoms with Crippen LogP contribution in [0.5, 0.6) is 0 Å². The lowest BCUT2D eigenvalue weighted by atomic mass is 10.1. The van der Waals surface area contributed by atoms with Crippen molar-refractivity contribution in [3.05, 3.63) is 76.3 Å². The largest absolute Gasteiger partial charge is 0.416 e. The Bertz CT molecular complexity index is 1180. The van der Waals surface area contributed by atoms with Gasteiger partial charge in [0, 0.05) is 23.3 Å². The lowest BCUT2D eigenvalue weighted by molar-refractivity contribution is -0.137. The molecule has 3 heterocycles. The summed E-state index contributed by atoms with van der Waals surface area (Å²) < 4.78 is 39.7. The molecule has 1 aliphatic rings. The van der Waals surface area contributed by atoms with Gasteiger partial charge in [-0.05, 0) is 30.3 Å². The third-order valence-corrected chi connectivity index (χ3v) is 6.09. The van der Waals surface area contributed by atoms with Crippen molar-refractivity contribution in [2.75, 3.05) is 11.5 Å². The van der Waals surface area contributed by atoms with E-state index in [2.05, 4.69) is 15.4 Å². The molecule has 11 heteroatoms. The van der Waals surface area contributed by atoms with E-state index in [9.17, 15) is 27.9 Å². The van der Waals surface area contributed by atoms with Gasteiger partial charge in [-0.3, -0.25) is 14.6 Å². The summed E-state index contributed by atoms with van der Waals surface area (Å²) in [6, 6.07) is 8.13. The van der Waals surface area contributed by atoms with Crippen LogP contribution >= 0.6 is 11.8 Å². The molecule has 4 rings (SSSR count). The molecule has 1 saturated heterocycles. The molecule has 0 aliphatic carbocycles. The topological polar surface area (TPSA) is 97.1 Å². The number of nitrogens with zero attached hydrogens (tertiary/aromatic N) is 3.